The number of nitrogens with one attached hydrogen (secondary N) is 2. The molecule has 1 saturated heterocycles. The largest absolute Gasteiger partial charge is 0.353 e. The average molecular weight is 282 g/mol. The molecule has 1 unspecified atom stereocenters. The summed E-state index contributed by atoms with van der Waals surface area (Å²) in [6, 6.07) is 5.72. The van der Waals surface area contributed by atoms with Crippen LogP contribution in [0.2, 0.25) is 5.02 Å². The lowest BCUT2D eigenvalue weighted by Gasteiger charge is -2.28. The molecule has 1 fully saturated rings. The summed E-state index contributed by atoms with van der Waals surface area (Å²) in [4.78, 5) is 24.4. The van der Waals surface area contributed by atoms with Gasteiger partial charge < -0.3 is 10.2 Å². The molecular formula is C13H16ClN3O2. The molecule has 1 aliphatic heterocycles. The first-order chi connectivity index (χ1) is 9.01. The number of amides is 2. The number of nitrogens with zero attached hydrogens (tertiary/aromatic N) is 1. The Morgan fingerprint density at radius 3 is 2.47 bits per heavy atom. The van der Waals surface area contributed by atoms with Gasteiger partial charge in [-0.15, -0.1) is 0 Å². The van der Waals surface area contributed by atoms with E-state index in [4.69, 9.17) is 11.6 Å². The monoisotopic (exact) mass is 281 g/mol. The van der Waals surface area contributed by atoms with Crippen LogP contribution in [0, 0.1) is 0 Å². The summed E-state index contributed by atoms with van der Waals surface area (Å²) in [6.07, 6.45) is 0. The molecule has 1 atom stereocenters. The van der Waals surface area contributed by atoms with Crippen LogP contribution < -0.4 is 15.5 Å². The molecule has 0 saturated carbocycles. The van der Waals surface area contributed by atoms with Gasteiger partial charge in [-0.2, -0.15) is 0 Å². The van der Waals surface area contributed by atoms with Gasteiger partial charge in [0.25, 0.3) is 0 Å². The highest BCUT2D eigenvalue weighted by Gasteiger charge is 2.23. The third-order valence-corrected chi connectivity index (χ3v) is 3.52. The Labute approximate surface area is 116 Å². The van der Waals surface area contributed by atoms with Crippen LogP contribution in [0.15, 0.2) is 18.2 Å². The van der Waals surface area contributed by atoms with Gasteiger partial charge in [0.2, 0.25) is 11.8 Å². The average Bonchev–Trinajstić information content (AvgIpc) is 2.36. The van der Waals surface area contributed by atoms with Gasteiger partial charge in [-0.3, -0.25) is 14.9 Å². The molecular weight excluding hydrogens is 266 g/mol. The quantitative estimate of drug-likeness (QED) is 0.814. The minimum atomic E-state index is -0.292. The number of halogens is 1. The van der Waals surface area contributed by atoms with Crippen LogP contribution in [-0.4, -0.2) is 32.0 Å². The van der Waals surface area contributed by atoms with Crippen molar-refractivity contribution in [1.29, 1.82) is 0 Å². The molecule has 5 nitrogen and oxygen atoms in total. The Hall–Kier alpha value is -1.59. The summed E-state index contributed by atoms with van der Waals surface area (Å²) in [5, 5.41) is 6.01. The lowest BCUT2D eigenvalue weighted by molar-refractivity contribution is -0.130. The van der Waals surface area contributed by atoms with Crippen molar-refractivity contribution < 1.29 is 9.59 Å². The third kappa shape index (κ3) is 3.05. The van der Waals surface area contributed by atoms with E-state index in [0.29, 0.717) is 5.02 Å². The molecule has 102 valence electrons. The zero-order valence-corrected chi connectivity index (χ0v) is 11.6. The fraction of sp³-hybridized carbons (Fsp3) is 0.385. The summed E-state index contributed by atoms with van der Waals surface area (Å²) in [5.41, 5.74) is 1.76. The van der Waals surface area contributed by atoms with E-state index < -0.39 is 0 Å². The van der Waals surface area contributed by atoms with Crippen LogP contribution in [0.4, 0.5) is 5.69 Å². The standard InChI is InChI=1S/C13H16ClN3O2/c1-8(15-2)10-4-3-9(5-11(10)14)17-6-12(18)16-13(19)7-17/h3-5,8,15H,6-7H2,1-2H3,(H,16,18,19). The zero-order chi connectivity index (χ0) is 14.0. The molecule has 1 aromatic carbocycles. The van der Waals surface area contributed by atoms with Crippen LogP contribution in [0.1, 0.15) is 18.5 Å². The molecule has 0 spiro atoms. The number of imide groups is 1. The topological polar surface area (TPSA) is 61.4 Å². The fourth-order valence-electron chi connectivity index (χ4n) is 2.04. The second kappa shape index (κ2) is 5.59. The second-order valence-electron chi connectivity index (χ2n) is 4.54. The van der Waals surface area contributed by atoms with E-state index >= 15 is 0 Å². The molecule has 0 aromatic heterocycles. The molecule has 1 aliphatic rings. The van der Waals surface area contributed by atoms with Gasteiger partial charge in [0.05, 0.1) is 13.1 Å². The minimum absolute atomic E-state index is 0.146. The highest BCUT2D eigenvalue weighted by atomic mass is 35.5. The Balaban J connectivity index is 2.24. The van der Waals surface area contributed by atoms with Crippen molar-refractivity contribution in [3.63, 3.8) is 0 Å². The molecule has 2 rings (SSSR count). The van der Waals surface area contributed by atoms with Crippen molar-refractivity contribution >= 4 is 29.1 Å². The number of anilines is 1. The van der Waals surface area contributed by atoms with Crippen LogP contribution in [0.25, 0.3) is 0 Å². The number of hydrogen-bond donors (Lipinski definition) is 2. The second-order valence-corrected chi connectivity index (χ2v) is 4.95. The first-order valence-corrected chi connectivity index (χ1v) is 6.43. The highest BCUT2D eigenvalue weighted by Crippen LogP contribution is 2.28. The van der Waals surface area contributed by atoms with Gasteiger partial charge >= 0.3 is 0 Å². The number of carbonyl (C=O) groups excluding carboxylic acids is 2. The molecule has 6 heteroatoms. The van der Waals surface area contributed by atoms with Gasteiger partial charge in [-0.1, -0.05) is 17.7 Å². The predicted molar refractivity (Wildman–Crippen MR) is 74.3 cm³/mol. The third-order valence-electron chi connectivity index (χ3n) is 3.20. The van der Waals surface area contributed by atoms with E-state index in [-0.39, 0.29) is 30.9 Å². The highest BCUT2D eigenvalue weighted by molar-refractivity contribution is 6.31. The maximum absolute atomic E-state index is 11.3. The summed E-state index contributed by atoms with van der Waals surface area (Å²) in [6.45, 7) is 2.35. The Bertz CT molecular complexity index is 503. The predicted octanol–water partition coefficient (Wildman–Crippen LogP) is 1.08. The van der Waals surface area contributed by atoms with Crippen molar-refractivity contribution in [2.75, 3.05) is 25.0 Å². The van der Waals surface area contributed by atoms with Gasteiger partial charge in [-0.25, -0.2) is 0 Å². The molecule has 2 amide bonds. The normalized spacial score (nSPS) is 17.3. The molecule has 1 aromatic rings. The number of carbonyl (C=O) groups is 2. The smallest absolute Gasteiger partial charge is 0.246 e. The van der Waals surface area contributed by atoms with Gasteiger partial charge in [0.15, 0.2) is 0 Å². The number of rotatable bonds is 3. The number of benzene rings is 1. The van der Waals surface area contributed by atoms with E-state index in [1.54, 1.807) is 11.0 Å². The summed E-state index contributed by atoms with van der Waals surface area (Å²) in [5.74, 6) is -0.583. The minimum Gasteiger partial charge on any atom is -0.353 e. The molecule has 0 radical (unpaired) electrons. The van der Waals surface area contributed by atoms with Gasteiger partial charge in [0, 0.05) is 16.8 Å². The van der Waals surface area contributed by atoms with Crippen molar-refractivity contribution in [3.8, 4) is 0 Å². The summed E-state index contributed by atoms with van der Waals surface area (Å²) in [7, 11) is 1.86. The molecule has 0 aliphatic carbocycles. The number of piperazine rings is 1. The van der Waals surface area contributed by atoms with Crippen LogP contribution in [-0.2, 0) is 9.59 Å². The van der Waals surface area contributed by atoms with Crippen molar-refractivity contribution in [2.45, 2.75) is 13.0 Å². The molecule has 2 N–H and O–H groups in total. The van der Waals surface area contributed by atoms with E-state index in [0.717, 1.165) is 11.3 Å². The number of hydrogen-bond acceptors (Lipinski definition) is 4. The maximum atomic E-state index is 11.3. The Kier molecular flexibility index (Phi) is 4.07. The van der Waals surface area contributed by atoms with Crippen LogP contribution in [0.5, 0.6) is 0 Å². The van der Waals surface area contributed by atoms with Crippen LogP contribution >= 0.6 is 11.6 Å². The van der Waals surface area contributed by atoms with Crippen molar-refractivity contribution in [3.05, 3.63) is 28.8 Å². The summed E-state index contributed by atoms with van der Waals surface area (Å²) >= 11 is 6.24. The molecule has 0 bridgehead atoms. The van der Waals surface area contributed by atoms with E-state index in [1.165, 1.54) is 0 Å². The lowest BCUT2D eigenvalue weighted by atomic mass is 10.1. The molecule has 1 heterocycles. The molecule has 19 heavy (non-hydrogen) atoms. The van der Waals surface area contributed by atoms with Crippen molar-refractivity contribution in [1.82, 2.24) is 10.6 Å². The van der Waals surface area contributed by atoms with Crippen LogP contribution in [0.3, 0.4) is 0 Å². The van der Waals surface area contributed by atoms with E-state index in [2.05, 4.69) is 10.6 Å². The zero-order valence-electron chi connectivity index (χ0n) is 10.9. The lowest BCUT2D eigenvalue weighted by Crippen LogP contribution is -2.51. The van der Waals surface area contributed by atoms with Crippen molar-refractivity contribution in [2.24, 2.45) is 0 Å². The fourth-order valence-corrected chi connectivity index (χ4v) is 2.38. The first kappa shape index (κ1) is 13.8. The maximum Gasteiger partial charge on any atom is 0.246 e. The van der Waals surface area contributed by atoms with E-state index in [9.17, 15) is 9.59 Å². The van der Waals surface area contributed by atoms with Gasteiger partial charge in [-0.05, 0) is 31.7 Å². The first-order valence-electron chi connectivity index (χ1n) is 6.05. The van der Waals surface area contributed by atoms with Gasteiger partial charge in [0.1, 0.15) is 0 Å². The summed E-state index contributed by atoms with van der Waals surface area (Å²) < 4.78 is 0. The Morgan fingerprint density at radius 1 is 1.32 bits per heavy atom. The van der Waals surface area contributed by atoms with E-state index in [1.807, 2.05) is 26.1 Å². The Morgan fingerprint density at radius 2 is 1.95 bits per heavy atom. The SMILES string of the molecule is CNC(C)c1ccc(N2CC(=O)NC(=O)C2)cc1Cl.